The number of benzene rings is 1. The largest absolute Gasteiger partial charge is 0.241 e. The smallest absolute Gasteiger partial charge is 0.207 e. The summed E-state index contributed by atoms with van der Waals surface area (Å²) in [6.07, 6.45) is 0. The lowest BCUT2D eigenvalue weighted by Gasteiger charge is -2.08. The van der Waals surface area contributed by atoms with Gasteiger partial charge in [0.15, 0.2) is 0 Å². The third-order valence-electron chi connectivity index (χ3n) is 2.60. The monoisotopic (exact) mass is 423 g/mol. The van der Waals surface area contributed by atoms with Gasteiger partial charge in [-0.05, 0) is 62.9 Å². The molecule has 1 heterocycles. The maximum absolute atomic E-state index is 12.2. The molecule has 0 atom stereocenters. The maximum atomic E-state index is 12.2. The fraction of sp³-hybridized carbons (Fsp3) is 0.167. The molecule has 0 aliphatic rings. The molecule has 0 amide bonds. The number of hydrogen-bond acceptors (Lipinski definition) is 3. The van der Waals surface area contributed by atoms with E-state index in [2.05, 4.69) is 36.6 Å². The first-order chi connectivity index (χ1) is 8.90. The van der Waals surface area contributed by atoms with Gasteiger partial charge in [-0.15, -0.1) is 0 Å². The van der Waals surface area contributed by atoms with E-state index in [4.69, 9.17) is 0 Å². The van der Waals surface area contributed by atoms with Crippen molar-refractivity contribution in [3.05, 3.63) is 49.0 Å². The molecule has 0 unspecified atom stereocenters. The van der Waals surface area contributed by atoms with Gasteiger partial charge in [0.05, 0.1) is 4.90 Å². The first kappa shape index (κ1) is 15.2. The predicted octanol–water partition coefficient (Wildman–Crippen LogP) is 4.06. The zero-order valence-electron chi connectivity index (χ0n) is 9.98. The van der Waals surface area contributed by atoms with Crippen molar-refractivity contribution in [2.75, 3.05) is 0 Å². The highest BCUT2D eigenvalue weighted by molar-refractivity contribution is 9.11. The molecule has 0 spiro atoms. The fourth-order valence-corrected chi connectivity index (χ4v) is 5.12. The molecule has 0 saturated carbocycles. The minimum absolute atomic E-state index is 0.239. The Hall–Kier alpha value is -0.210. The number of halogens is 2. The Kier molecular flexibility index (Phi) is 4.84. The van der Waals surface area contributed by atoms with E-state index in [1.54, 1.807) is 29.5 Å². The summed E-state index contributed by atoms with van der Waals surface area (Å²) in [5.74, 6) is 0. The SMILES string of the molecule is Cc1cscc1CNS(=O)(=O)c1ccc(Br)cc1Br. The van der Waals surface area contributed by atoms with Crippen LogP contribution in [0.5, 0.6) is 0 Å². The minimum atomic E-state index is -3.51. The third-order valence-corrected chi connectivity index (χ3v) is 6.38. The van der Waals surface area contributed by atoms with E-state index in [0.29, 0.717) is 11.0 Å². The molecular weight excluding hydrogens is 414 g/mol. The molecule has 3 nitrogen and oxygen atoms in total. The van der Waals surface area contributed by atoms with Gasteiger partial charge >= 0.3 is 0 Å². The van der Waals surface area contributed by atoms with Crippen LogP contribution in [0.4, 0.5) is 0 Å². The van der Waals surface area contributed by atoms with Crippen molar-refractivity contribution in [3.8, 4) is 0 Å². The van der Waals surface area contributed by atoms with E-state index < -0.39 is 10.0 Å². The molecule has 7 heteroatoms. The highest BCUT2D eigenvalue weighted by Crippen LogP contribution is 2.26. The third kappa shape index (κ3) is 3.66. The molecule has 2 rings (SSSR count). The van der Waals surface area contributed by atoms with E-state index in [9.17, 15) is 8.42 Å². The van der Waals surface area contributed by atoms with E-state index in [1.807, 2.05) is 17.7 Å². The molecule has 1 aromatic heterocycles. The Balaban J connectivity index is 2.21. The van der Waals surface area contributed by atoms with Gasteiger partial charge in [-0.1, -0.05) is 15.9 Å². The van der Waals surface area contributed by atoms with E-state index in [0.717, 1.165) is 15.6 Å². The molecule has 0 aliphatic carbocycles. The van der Waals surface area contributed by atoms with Crippen LogP contribution in [0.3, 0.4) is 0 Å². The summed E-state index contributed by atoms with van der Waals surface area (Å²) in [4.78, 5) is 0.239. The molecule has 1 aromatic carbocycles. The van der Waals surface area contributed by atoms with Gasteiger partial charge in [0.2, 0.25) is 10.0 Å². The molecule has 19 heavy (non-hydrogen) atoms. The zero-order chi connectivity index (χ0) is 14.0. The van der Waals surface area contributed by atoms with Gasteiger partial charge in [-0.3, -0.25) is 0 Å². The van der Waals surface area contributed by atoms with Crippen LogP contribution in [0.1, 0.15) is 11.1 Å². The van der Waals surface area contributed by atoms with Crippen LogP contribution >= 0.6 is 43.2 Å². The van der Waals surface area contributed by atoms with Crippen molar-refractivity contribution in [1.82, 2.24) is 4.72 Å². The van der Waals surface area contributed by atoms with Crippen molar-refractivity contribution in [2.45, 2.75) is 18.4 Å². The molecular formula is C12H11Br2NO2S2. The number of nitrogens with one attached hydrogen (secondary N) is 1. The van der Waals surface area contributed by atoms with Crippen LogP contribution in [0.2, 0.25) is 0 Å². The first-order valence-electron chi connectivity index (χ1n) is 5.36. The number of hydrogen-bond donors (Lipinski definition) is 1. The number of thiophene rings is 1. The molecule has 102 valence electrons. The average molecular weight is 425 g/mol. The second-order valence-electron chi connectivity index (χ2n) is 3.98. The predicted molar refractivity (Wildman–Crippen MR) is 84.9 cm³/mol. The summed E-state index contributed by atoms with van der Waals surface area (Å²) >= 11 is 8.14. The van der Waals surface area contributed by atoms with Gasteiger partial charge < -0.3 is 0 Å². The van der Waals surface area contributed by atoms with Crippen LogP contribution in [-0.4, -0.2) is 8.42 Å². The number of rotatable bonds is 4. The van der Waals surface area contributed by atoms with Crippen LogP contribution < -0.4 is 4.72 Å². The molecule has 1 N–H and O–H groups in total. The summed E-state index contributed by atoms with van der Waals surface area (Å²) in [5, 5.41) is 3.95. The number of sulfonamides is 1. The summed E-state index contributed by atoms with van der Waals surface area (Å²) in [7, 11) is -3.51. The van der Waals surface area contributed by atoms with Crippen molar-refractivity contribution in [2.24, 2.45) is 0 Å². The van der Waals surface area contributed by atoms with E-state index in [1.165, 1.54) is 0 Å². The van der Waals surface area contributed by atoms with Crippen molar-refractivity contribution >= 4 is 53.2 Å². The quantitative estimate of drug-likeness (QED) is 0.804. The minimum Gasteiger partial charge on any atom is -0.207 e. The van der Waals surface area contributed by atoms with Gasteiger partial charge in [0.1, 0.15) is 0 Å². The normalized spacial score (nSPS) is 11.7. The molecule has 0 aliphatic heterocycles. The highest BCUT2D eigenvalue weighted by Gasteiger charge is 2.17. The molecule has 0 bridgehead atoms. The van der Waals surface area contributed by atoms with Crippen molar-refractivity contribution < 1.29 is 8.42 Å². The zero-order valence-corrected chi connectivity index (χ0v) is 14.8. The second-order valence-corrected chi connectivity index (χ2v) is 8.23. The van der Waals surface area contributed by atoms with E-state index in [-0.39, 0.29) is 4.90 Å². The summed E-state index contributed by atoms with van der Waals surface area (Å²) < 4.78 is 28.4. The summed E-state index contributed by atoms with van der Waals surface area (Å²) in [6.45, 7) is 2.27. The Morgan fingerprint density at radius 2 is 2.00 bits per heavy atom. The number of aryl methyl sites for hydroxylation is 1. The lowest BCUT2D eigenvalue weighted by Crippen LogP contribution is -2.23. The molecule has 0 fully saturated rings. The standard InChI is InChI=1S/C12H11Br2NO2S2/c1-8-6-18-7-9(8)5-15-19(16,17)12-3-2-10(13)4-11(12)14/h2-4,6-7,15H,5H2,1H3. The molecule has 0 radical (unpaired) electrons. The Morgan fingerprint density at radius 3 is 2.58 bits per heavy atom. The lowest BCUT2D eigenvalue weighted by atomic mass is 10.2. The Morgan fingerprint density at radius 1 is 1.26 bits per heavy atom. The summed E-state index contributed by atoms with van der Waals surface area (Å²) in [5.41, 5.74) is 2.10. The highest BCUT2D eigenvalue weighted by atomic mass is 79.9. The van der Waals surface area contributed by atoms with Gasteiger partial charge in [-0.25, -0.2) is 13.1 Å². The van der Waals surface area contributed by atoms with Gasteiger partial charge in [0, 0.05) is 15.5 Å². The topological polar surface area (TPSA) is 46.2 Å². The fourth-order valence-electron chi connectivity index (χ4n) is 1.51. The molecule has 0 saturated heterocycles. The van der Waals surface area contributed by atoms with Crippen molar-refractivity contribution in [3.63, 3.8) is 0 Å². The van der Waals surface area contributed by atoms with Crippen LogP contribution in [0, 0.1) is 6.92 Å². The van der Waals surface area contributed by atoms with Crippen molar-refractivity contribution in [1.29, 1.82) is 0 Å². The average Bonchev–Trinajstić information content (AvgIpc) is 2.72. The summed E-state index contributed by atoms with van der Waals surface area (Å²) in [6, 6.07) is 4.98. The van der Waals surface area contributed by atoms with E-state index >= 15 is 0 Å². The first-order valence-corrected chi connectivity index (χ1v) is 9.38. The Labute approximate surface area is 133 Å². The lowest BCUT2D eigenvalue weighted by molar-refractivity contribution is 0.581. The maximum Gasteiger partial charge on any atom is 0.241 e. The van der Waals surface area contributed by atoms with Gasteiger partial charge in [-0.2, -0.15) is 11.3 Å². The molecule has 2 aromatic rings. The second kappa shape index (κ2) is 6.05. The van der Waals surface area contributed by atoms with Crippen LogP contribution in [0.15, 0.2) is 42.8 Å². The van der Waals surface area contributed by atoms with Crippen LogP contribution in [-0.2, 0) is 16.6 Å². The van der Waals surface area contributed by atoms with Gasteiger partial charge in [0.25, 0.3) is 0 Å². The Bertz CT molecular complexity index is 696. The van der Waals surface area contributed by atoms with Crippen LogP contribution in [0.25, 0.3) is 0 Å².